The van der Waals surface area contributed by atoms with Crippen LogP contribution in [0.1, 0.15) is 13.3 Å². The van der Waals surface area contributed by atoms with Gasteiger partial charge in [0.2, 0.25) is 0 Å². The average molecular weight is 219 g/mol. The van der Waals surface area contributed by atoms with E-state index in [1.807, 2.05) is 0 Å². The van der Waals surface area contributed by atoms with E-state index in [2.05, 4.69) is 21.0 Å². The summed E-state index contributed by atoms with van der Waals surface area (Å²) in [5, 5.41) is 5.00. The molecule has 0 aromatic carbocycles. The van der Waals surface area contributed by atoms with E-state index in [0.717, 1.165) is 0 Å². The van der Waals surface area contributed by atoms with Gasteiger partial charge in [0.25, 0.3) is 5.91 Å². The minimum absolute atomic E-state index is 0.0715. The lowest BCUT2D eigenvalue weighted by Gasteiger charge is -2.18. The maximum absolute atomic E-state index is 11.0. The average Bonchev–Trinajstić information content (AvgIpc) is 1.97. The zero-order valence-corrected chi connectivity index (χ0v) is 7.59. The third-order valence-electron chi connectivity index (χ3n) is 1.34. The number of nitrogens with zero attached hydrogens (tertiary/aromatic N) is 2. The molecule has 0 saturated carbocycles. The van der Waals surface area contributed by atoms with Gasteiger partial charge in [-0.3, -0.25) is 9.59 Å². The Kier molecular flexibility index (Phi) is 2.38. The van der Waals surface area contributed by atoms with Gasteiger partial charge >= 0.3 is 0 Å². The fourth-order valence-electron chi connectivity index (χ4n) is 0.766. The van der Waals surface area contributed by atoms with Crippen LogP contribution in [-0.4, -0.2) is 27.9 Å². The number of hydrogen-bond donors (Lipinski definition) is 0. The molecule has 1 aliphatic heterocycles. The minimum atomic E-state index is -0.250. The van der Waals surface area contributed by atoms with Crippen molar-refractivity contribution < 1.29 is 9.59 Å². The Morgan fingerprint density at radius 3 is 2.82 bits per heavy atom. The van der Waals surface area contributed by atoms with E-state index in [-0.39, 0.29) is 22.7 Å². The summed E-state index contributed by atoms with van der Waals surface area (Å²) in [6.45, 7) is 2.30. The second-order valence-electron chi connectivity index (χ2n) is 2.10. The molecule has 5 heteroatoms. The Balaban J connectivity index is 2.86. The summed E-state index contributed by atoms with van der Waals surface area (Å²) in [7, 11) is 0. The fourth-order valence-corrected chi connectivity index (χ4v) is 1.10. The van der Waals surface area contributed by atoms with Crippen molar-refractivity contribution in [3.63, 3.8) is 0 Å². The van der Waals surface area contributed by atoms with Crippen LogP contribution in [0.2, 0.25) is 0 Å². The van der Waals surface area contributed by atoms with Crippen molar-refractivity contribution >= 4 is 32.2 Å². The molecule has 0 fully saturated rings. The van der Waals surface area contributed by atoms with E-state index in [4.69, 9.17) is 0 Å². The van der Waals surface area contributed by atoms with Crippen LogP contribution in [0.4, 0.5) is 0 Å². The van der Waals surface area contributed by atoms with E-state index in [1.165, 1.54) is 5.01 Å². The second-order valence-corrected chi connectivity index (χ2v) is 2.85. The first-order valence-electron chi connectivity index (χ1n) is 3.22. The first kappa shape index (κ1) is 8.39. The summed E-state index contributed by atoms with van der Waals surface area (Å²) in [5.74, 6) is -0.486. The monoisotopic (exact) mass is 218 g/mol. The van der Waals surface area contributed by atoms with Gasteiger partial charge in [-0.05, 0) is 22.9 Å². The van der Waals surface area contributed by atoms with E-state index in [9.17, 15) is 9.59 Å². The molecule has 0 radical (unpaired) electrons. The van der Waals surface area contributed by atoms with Crippen LogP contribution in [0.15, 0.2) is 5.10 Å². The molecule has 0 aliphatic carbocycles. The van der Waals surface area contributed by atoms with Crippen molar-refractivity contribution in [1.29, 1.82) is 0 Å². The van der Waals surface area contributed by atoms with Gasteiger partial charge in [0.15, 0.2) is 10.4 Å². The standard InChI is InChI=1S/C6H7BrN2O2/c1-2-9-5(11)3-4(10)6(7)8-9/h2-3H2,1H3. The summed E-state index contributed by atoms with van der Waals surface area (Å²) in [5.41, 5.74) is 0. The van der Waals surface area contributed by atoms with E-state index in [0.29, 0.717) is 6.54 Å². The smallest absolute Gasteiger partial charge is 0.250 e. The maximum Gasteiger partial charge on any atom is 0.250 e. The highest BCUT2D eigenvalue weighted by Gasteiger charge is 2.24. The third kappa shape index (κ3) is 1.65. The number of ketones is 1. The van der Waals surface area contributed by atoms with E-state index >= 15 is 0 Å². The Hall–Kier alpha value is -0.710. The topological polar surface area (TPSA) is 49.7 Å². The minimum Gasteiger partial charge on any atom is -0.291 e. The van der Waals surface area contributed by atoms with E-state index in [1.54, 1.807) is 6.92 Å². The molecule has 60 valence electrons. The predicted molar refractivity (Wildman–Crippen MR) is 43.4 cm³/mol. The molecular weight excluding hydrogens is 212 g/mol. The molecule has 0 aromatic rings. The lowest BCUT2D eigenvalue weighted by atomic mass is 10.2. The van der Waals surface area contributed by atoms with Gasteiger partial charge < -0.3 is 0 Å². The van der Waals surface area contributed by atoms with Gasteiger partial charge in [0.05, 0.1) is 6.42 Å². The summed E-state index contributed by atoms with van der Waals surface area (Å²) in [6.07, 6.45) is -0.0715. The van der Waals surface area contributed by atoms with Gasteiger partial charge in [-0.1, -0.05) is 0 Å². The lowest BCUT2D eigenvalue weighted by molar-refractivity contribution is -0.134. The van der Waals surface area contributed by atoms with Crippen LogP contribution in [0.5, 0.6) is 0 Å². The number of amides is 1. The van der Waals surface area contributed by atoms with Crippen LogP contribution in [0, 0.1) is 0 Å². The maximum atomic E-state index is 11.0. The number of rotatable bonds is 1. The normalized spacial score (nSPS) is 18.7. The molecule has 0 N–H and O–H groups in total. The summed E-state index contributed by atoms with van der Waals surface area (Å²) >= 11 is 2.97. The van der Waals surface area contributed by atoms with Crippen molar-refractivity contribution in [2.24, 2.45) is 5.10 Å². The Labute approximate surface area is 72.4 Å². The quantitative estimate of drug-likeness (QED) is 0.603. The van der Waals surface area contributed by atoms with Crippen LogP contribution in [0.3, 0.4) is 0 Å². The third-order valence-corrected chi connectivity index (χ3v) is 1.94. The summed E-state index contributed by atoms with van der Waals surface area (Å²) in [6, 6.07) is 0. The first-order chi connectivity index (χ1) is 5.15. The van der Waals surface area contributed by atoms with Crippen molar-refractivity contribution in [3.8, 4) is 0 Å². The molecule has 1 aliphatic rings. The molecule has 0 saturated heterocycles. The highest BCUT2D eigenvalue weighted by Crippen LogP contribution is 2.08. The molecule has 1 amide bonds. The van der Waals surface area contributed by atoms with Crippen molar-refractivity contribution in [3.05, 3.63) is 0 Å². The Morgan fingerprint density at radius 2 is 2.27 bits per heavy atom. The summed E-state index contributed by atoms with van der Waals surface area (Å²) in [4.78, 5) is 21.8. The molecule has 0 bridgehead atoms. The van der Waals surface area contributed by atoms with Crippen molar-refractivity contribution in [1.82, 2.24) is 5.01 Å². The first-order valence-corrected chi connectivity index (χ1v) is 4.02. The number of Topliss-reactive ketones (excluding diaryl/α,β-unsaturated/α-hetero) is 1. The largest absolute Gasteiger partial charge is 0.291 e. The fraction of sp³-hybridized carbons (Fsp3) is 0.500. The molecule has 0 unspecified atom stereocenters. The number of carbonyl (C=O) groups excluding carboxylic acids is 2. The van der Waals surface area contributed by atoms with Crippen molar-refractivity contribution in [2.75, 3.05) is 6.54 Å². The van der Waals surface area contributed by atoms with Gasteiger partial charge in [0, 0.05) is 6.54 Å². The number of carbonyl (C=O) groups is 2. The lowest BCUT2D eigenvalue weighted by Crippen LogP contribution is -2.34. The molecule has 1 heterocycles. The highest BCUT2D eigenvalue weighted by molar-refractivity contribution is 9.19. The van der Waals surface area contributed by atoms with Crippen LogP contribution in [-0.2, 0) is 9.59 Å². The molecule has 0 aromatic heterocycles. The highest BCUT2D eigenvalue weighted by atomic mass is 79.9. The predicted octanol–water partition coefficient (Wildman–Crippen LogP) is 0.516. The van der Waals surface area contributed by atoms with Crippen molar-refractivity contribution in [2.45, 2.75) is 13.3 Å². The van der Waals surface area contributed by atoms with Gasteiger partial charge in [-0.25, -0.2) is 5.01 Å². The van der Waals surface area contributed by atoms with E-state index < -0.39 is 0 Å². The number of hydrazone groups is 1. The molecule has 0 atom stereocenters. The second kappa shape index (κ2) is 3.13. The van der Waals surface area contributed by atoms with Gasteiger partial charge in [-0.15, -0.1) is 0 Å². The Morgan fingerprint density at radius 1 is 1.64 bits per heavy atom. The molecular formula is C6H7BrN2O2. The number of hydrogen-bond acceptors (Lipinski definition) is 3. The molecule has 11 heavy (non-hydrogen) atoms. The SMILES string of the molecule is CCN1N=C(Br)C(=O)CC1=O. The molecule has 4 nitrogen and oxygen atoms in total. The zero-order valence-electron chi connectivity index (χ0n) is 6.00. The molecule has 1 rings (SSSR count). The summed E-state index contributed by atoms with van der Waals surface area (Å²) < 4.78 is 0.235. The van der Waals surface area contributed by atoms with Crippen LogP contribution < -0.4 is 0 Å². The van der Waals surface area contributed by atoms with Gasteiger partial charge in [-0.2, -0.15) is 5.10 Å². The molecule has 0 spiro atoms. The Bertz CT molecular complexity index is 237. The number of halogens is 1. The van der Waals surface area contributed by atoms with Crippen LogP contribution in [0.25, 0.3) is 0 Å². The van der Waals surface area contributed by atoms with Gasteiger partial charge in [0.1, 0.15) is 0 Å². The zero-order chi connectivity index (χ0) is 8.43. The van der Waals surface area contributed by atoms with Crippen LogP contribution >= 0.6 is 15.9 Å².